The van der Waals surface area contributed by atoms with E-state index in [2.05, 4.69) is 5.32 Å². The summed E-state index contributed by atoms with van der Waals surface area (Å²) < 4.78 is 38.6. The number of benzene rings is 2. The molecular weight excluding hydrogens is 368 g/mol. The van der Waals surface area contributed by atoms with Crippen LogP contribution >= 0.6 is 0 Å². The lowest BCUT2D eigenvalue weighted by Gasteiger charge is -2.26. The lowest BCUT2D eigenvalue weighted by Crippen LogP contribution is -2.41. The summed E-state index contributed by atoms with van der Waals surface area (Å²) in [6, 6.07) is 13.1. The van der Waals surface area contributed by atoms with Gasteiger partial charge in [-0.2, -0.15) is 0 Å². The van der Waals surface area contributed by atoms with Gasteiger partial charge in [-0.25, -0.2) is 8.42 Å². The number of anilines is 1. The van der Waals surface area contributed by atoms with E-state index in [4.69, 9.17) is 9.47 Å². The Morgan fingerprint density at radius 2 is 1.74 bits per heavy atom. The van der Waals surface area contributed by atoms with Crippen LogP contribution in [0, 0.1) is 0 Å². The number of hydrogen-bond acceptors (Lipinski definition) is 5. The van der Waals surface area contributed by atoms with E-state index in [-0.39, 0.29) is 23.4 Å². The second kappa shape index (κ2) is 7.11. The maximum atomic E-state index is 13.2. The van der Waals surface area contributed by atoms with Crippen molar-refractivity contribution in [3.63, 3.8) is 0 Å². The van der Waals surface area contributed by atoms with E-state index in [0.29, 0.717) is 30.4 Å². The standard InChI is InChI=1S/C19H20N2O5S/c22-19(20-14-6-7-14)13-21(27(23,24)16-4-2-1-3-5-16)15-8-9-17-18(12-15)26-11-10-25-17/h1-5,8-9,12,14H,6-7,10-11,13H2,(H,20,22). The van der Waals surface area contributed by atoms with Gasteiger partial charge < -0.3 is 14.8 Å². The molecule has 1 fully saturated rings. The first-order valence-corrected chi connectivity index (χ1v) is 10.2. The Morgan fingerprint density at radius 3 is 2.44 bits per heavy atom. The molecule has 0 aromatic heterocycles. The number of rotatable bonds is 6. The molecule has 2 aromatic rings. The highest BCUT2D eigenvalue weighted by molar-refractivity contribution is 7.92. The van der Waals surface area contributed by atoms with Crippen LogP contribution in [0.4, 0.5) is 5.69 Å². The third kappa shape index (κ3) is 3.85. The summed E-state index contributed by atoms with van der Waals surface area (Å²) >= 11 is 0. The Hall–Kier alpha value is -2.74. The van der Waals surface area contributed by atoms with Gasteiger partial charge in [0.05, 0.1) is 10.6 Å². The van der Waals surface area contributed by atoms with E-state index in [1.807, 2.05) is 0 Å². The molecule has 1 heterocycles. The highest BCUT2D eigenvalue weighted by atomic mass is 32.2. The molecule has 0 radical (unpaired) electrons. The highest BCUT2D eigenvalue weighted by Crippen LogP contribution is 2.35. The topological polar surface area (TPSA) is 84.9 Å². The molecule has 27 heavy (non-hydrogen) atoms. The maximum absolute atomic E-state index is 13.2. The van der Waals surface area contributed by atoms with Crippen LogP contribution in [-0.2, 0) is 14.8 Å². The molecule has 0 saturated heterocycles. The number of carbonyl (C=O) groups is 1. The second-order valence-electron chi connectivity index (χ2n) is 6.49. The van der Waals surface area contributed by atoms with Crippen molar-refractivity contribution >= 4 is 21.6 Å². The van der Waals surface area contributed by atoms with Crippen molar-refractivity contribution in [3.8, 4) is 11.5 Å². The maximum Gasteiger partial charge on any atom is 0.264 e. The Labute approximate surface area is 157 Å². The second-order valence-corrected chi connectivity index (χ2v) is 8.36. The minimum atomic E-state index is -3.91. The largest absolute Gasteiger partial charge is 0.486 e. The third-order valence-electron chi connectivity index (χ3n) is 4.37. The van der Waals surface area contributed by atoms with Gasteiger partial charge in [-0.15, -0.1) is 0 Å². The molecule has 1 aliphatic carbocycles. The Morgan fingerprint density at radius 1 is 1.04 bits per heavy atom. The summed E-state index contributed by atoms with van der Waals surface area (Å²) in [6.45, 7) is 0.541. The zero-order valence-electron chi connectivity index (χ0n) is 14.6. The molecular formula is C19H20N2O5S. The first kappa shape index (κ1) is 17.7. The number of ether oxygens (including phenoxy) is 2. The molecule has 0 spiro atoms. The first-order valence-electron chi connectivity index (χ1n) is 8.81. The van der Waals surface area contributed by atoms with E-state index in [0.717, 1.165) is 17.1 Å². The average Bonchev–Trinajstić information content (AvgIpc) is 3.50. The molecule has 1 aliphatic heterocycles. The van der Waals surface area contributed by atoms with E-state index >= 15 is 0 Å². The van der Waals surface area contributed by atoms with E-state index in [1.165, 1.54) is 12.1 Å². The number of hydrogen-bond donors (Lipinski definition) is 1. The van der Waals surface area contributed by atoms with Gasteiger partial charge in [-0.3, -0.25) is 9.10 Å². The summed E-state index contributed by atoms with van der Waals surface area (Å²) in [6.07, 6.45) is 1.86. The molecule has 8 heteroatoms. The molecule has 1 amide bonds. The molecule has 2 aromatic carbocycles. The summed E-state index contributed by atoms with van der Waals surface area (Å²) in [5.41, 5.74) is 0.356. The fraction of sp³-hybridized carbons (Fsp3) is 0.316. The predicted molar refractivity (Wildman–Crippen MR) is 99.6 cm³/mol. The van der Waals surface area contributed by atoms with Crippen LogP contribution in [0.2, 0.25) is 0 Å². The van der Waals surface area contributed by atoms with Crippen molar-refractivity contribution in [1.29, 1.82) is 0 Å². The molecule has 7 nitrogen and oxygen atoms in total. The summed E-state index contributed by atoms with van der Waals surface area (Å²) in [4.78, 5) is 12.5. The molecule has 4 rings (SSSR count). The van der Waals surface area contributed by atoms with Gasteiger partial charge in [0.15, 0.2) is 11.5 Å². The van der Waals surface area contributed by atoms with Crippen molar-refractivity contribution in [3.05, 3.63) is 48.5 Å². The van der Waals surface area contributed by atoms with Gasteiger partial charge in [0.2, 0.25) is 5.91 Å². The molecule has 2 aliphatic rings. The minimum Gasteiger partial charge on any atom is -0.486 e. The van der Waals surface area contributed by atoms with Crippen LogP contribution in [0.3, 0.4) is 0 Å². The van der Waals surface area contributed by atoms with Gasteiger partial charge in [-0.1, -0.05) is 18.2 Å². The quantitative estimate of drug-likeness (QED) is 0.817. The highest BCUT2D eigenvalue weighted by Gasteiger charge is 2.30. The van der Waals surface area contributed by atoms with Crippen molar-refractivity contribution in [2.45, 2.75) is 23.8 Å². The fourth-order valence-electron chi connectivity index (χ4n) is 2.85. The monoisotopic (exact) mass is 388 g/mol. The first-order chi connectivity index (χ1) is 13.0. The summed E-state index contributed by atoms with van der Waals surface area (Å²) in [5, 5.41) is 2.84. The molecule has 0 bridgehead atoms. The molecule has 0 unspecified atom stereocenters. The molecule has 1 N–H and O–H groups in total. The third-order valence-corrected chi connectivity index (χ3v) is 6.16. The van der Waals surface area contributed by atoms with E-state index < -0.39 is 10.0 Å². The van der Waals surface area contributed by atoms with Gasteiger partial charge >= 0.3 is 0 Å². The van der Waals surface area contributed by atoms with Gasteiger partial charge in [0.1, 0.15) is 19.8 Å². The number of sulfonamides is 1. The minimum absolute atomic E-state index is 0.124. The zero-order valence-corrected chi connectivity index (χ0v) is 15.4. The molecule has 0 atom stereocenters. The number of nitrogens with zero attached hydrogens (tertiary/aromatic N) is 1. The fourth-order valence-corrected chi connectivity index (χ4v) is 4.29. The van der Waals surface area contributed by atoms with Gasteiger partial charge in [-0.05, 0) is 37.1 Å². The normalized spacial score (nSPS) is 15.9. The average molecular weight is 388 g/mol. The number of amides is 1. The van der Waals surface area contributed by atoms with Crippen molar-refractivity contribution in [1.82, 2.24) is 5.32 Å². The lowest BCUT2D eigenvalue weighted by molar-refractivity contribution is -0.119. The number of carbonyl (C=O) groups excluding carboxylic acids is 1. The van der Waals surface area contributed by atoms with Crippen molar-refractivity contribution in [2.24, 2.45) is 0 Å². The van der Waals surface area contributed by atoms with E-state index in [1.54, 1.807) is 36.4 Å². The summed E-state index contributed by atoms with van der Waals surface area (Å²) in [5.74, 6) is 0.700. The Balaban J connectivity index is 1.70. The van der Waals surface area contributed by atoms with Crippen LogP contribution in [0.15, 0.2) is 53.4 Å². The van der Waals surface area contributed by atoms with Crippen LogP contribution in [0.25, 0.3) is 0 Å². The van der Waals surface area contributed by atoms with Crippen LogP contribution in [0.5, 0.6) is 11.5 Å². The van der Waals surface area contributed by atoms with E-state index in [9.17, 15) is 13.2 Å². The Kier molecular flexibility index (Phi) is 4.65. The molecule has 142 valence electrons. The predicted octanol–water partition coefficient (Wildman–Crippen LogP) is 1.93. The zero-order chi connectivity index (χ0) is 18.9. The van der Waals surface area contributed by atoms with Crippen molar-refractivity contribution < 1.29 is 22.7 Å². The lowest BCUT2D eigenvalue weighted by atomic mass is 10.2. The SMILES string of the molecule is O=C(CN(c1ccc2c(c1)OCCO2)S(=O)(=O)c1ccccc1)NC1CC1. The van der Waals surface area contributed by atoms with Crippen LogP contribution in [-0.4, -0.2) is 40.1 Å². The van der Waals surface area contributed by atoms with Gasteiger partial charge in [0.25, 0.3) is 10.0 Å². The smallest absolute Gasteiger partial charge is 0.264 e. The molecule has 1 saturated carbocycles. The number of fused-ring (bicyclic) bond motifs is 1. The van der Waals surface area contributed by atoms with Crippen LogP contribution < -0.4 is 19.1 Å². The Bertz CT molecular complexity index is 942. The van der Waals surface area contributed by atoms with Gasteiger partial charge in [0, 0.05) is 12.1 Å². The van der Waals surface area contributed by atoms with Crippen LogP contribution in [0.1, 0.15) is 12.8 Å². The number of nitrogens with one attached hydrogen (secondary N) is 1. The summed E-state index contributed by atoms with van der Waals surface area (Å²) in [7, 11) is -3.91. The van der Waals surface area contributed by atoms with Crippen molar-refractivity contribution in [2.75, 3.05) is 24.1 Å².